The van der Waals surface area contributed by atoms with Gasteiger partial charge in [-0.15, -0.1) is 16.4 Å². The lowest BCUT2D eigenvalue weighted by Gasteiger charge is -2.12. The zero-order valence-corrected chi connectivity index (χ0v) is 11.6. The Bertz CT molecular complexity index is 594. The van der Waals surface area contributed by atoms with Crippen molar-refractivity contribution in [2.24, 2.45) is 0 Å². The Balaban J connectivity index is 1.83. The number of hydrogen-bond acceptors (Lipinski definition) is 5. The Morgan fingerprint density at radius 2 is 2.35 bits per heavy atom. The van der Waals surface area contributed by atoms with Crippen molar-refractivity contribution < 1.29 is 14.7 Å². The van der Waals surface area contributed by atoms with Gasteiger partial charge >= 0.3 is 5.97 Å². The van der Waals surface area contributed by atoms with Crippen LogP contribution in [0.5, 0.6) is 0 Å². The van der Waals surface area contributed by atoms with E-state index in [9.17, 15) is 9.59 Å². The van der Waals surface area contributed by atoms with Crippen LogP contribution in [0.15, 0.2) is 23.7 Å². The van der Waals surface area contributed by atoms with Crippen LogP contribution in [0.25, 0.3) is 0 Å². The predicted molar refractivity (Wildman–Crippen MR) is 72.6 cm³/mol. The fraction of sp³-hybridized carbons (Fsp3) is 0.333. The van der Waals surface area contributed by atoms with Gasteiger partial charge in [0.25, 0.3) is 0 Å². The van der Waals surface area contributed by atoms with Gasteiger partial charge in [0, 0.05) is 17.3 Å². The molecule has 1 unspecified atom stereocenters. The molecule has 0 aliphatic rings. The van der Waals surface area contributed by atoms with E-state index < -0.39 is 5.97 Å². The molecule has 0 saturated heterocycles. The van der Waals surface area contributed by atoms with Crippen molar-refractivity contribution >= 4 is 23.2 Å². The third kappa shape index (κ3) is 3.89. The third-order valence-electron chi connectivity index (χ3n) is 2.56. The monoisotopic (exact) mass is 294 g/mol. The lowest BCUT2D eigenvalue weighted by molar-refractivity contribution is -0.122. The van der Waals surface area contributed by atoms with Crippen LogP contribution in [0.4, 0.5) is 0 Å². The summed E-state index contributed by atoms with van der Waals surface area (Å²) in [7, 11) is 0. The quantitative estimate of drug-likeness (QED) is 0.820. The number of thiophene rings is 1. The van der Waals surface area contributed by atoms with Crippen LogP contribution in [0.1, 0.15) is 22.3 Å². The van der Waals surface area contributed by atoms with Crippen molar-refractivity contribution in [3.05, 3.63) is 34.3 Å². The van der Waals surface area contributed by atoms with Crippen molar-refractivity contribution in [1.29, 1.82) is 0 Å². The van der Waals surface area contributed by atoms with E-state index >= 15 is 0 Å². The summed E-state index contributed by atoms with van der Waals surface area (Å²) in [6, 6.07) is 3.99. The van der Waals surface area contributed by atoms with E-state index in [1.54, 1.807) is 11.3 Å². The number of amides is 1. The molecule has 2 N–H and O–H groups in total. The summed E-state index contributed by atoms with van der Waals surface area (Å²) in [6.07, 6.45) is 1.99. The Morgan fingerprint density at radius 3 is 2.95 bits per heavy atom. The maximum atomic E-state index is 11.8. The molecule has 0 bridgehead atoms. The van der Waals surface area contributed by atoms with Crippen LogP contribution in [0, 0.1) is 0 Å². The summed E-state index contributed by atoms with van der Waals surface area (Å²) in [5, 5.41) is 20.6. The molecule has 2 heterocycles. The maximum absolute atomic E-state index is 11.8. The van der Waals surface area contributed by atoms with Gasteiger partial charge in [-0.1, -0.05) is 11.3 Å². The Morgan fingerprint density at radius 1 is 1.55 bits per heavy atom. The number of carbonyl (C=O) groups is 2. The molecule has 2 aromatic heterocycles. The molecular weight excluding hydrogens is 280 g/mol. The number of carboxylic acids is 1. The highest BCUT2D eigenvalue weighted by molar-refractivity contribution is 7.09. The normalized spacial score (nSPS) is 12.1. The number of aromatic nitrogens is 3. The van der Waals surface area contributed by atoms with Gasteiger partial charge in [0.15, 0.2) is 5.69 Å². The van der Waals surface area contributed by atoms with Crippen LogP contribution >= 0.6 is 11.3 Å². The van der Waals surface area contributed by atoms with Crippen molar-refractivity contribution in [3.63, 3.8) is 0 Å². The van der Waals surface area contributed by atoms with Crippen molar-refractivity contribution in [3.8, 4) is 0 Å². The molecule has 0 aromatic carbocycles. The van der Waals surface area contributed by atoms with Crippen molar-refractivity contribution in [1.82, 2.24) is 20.3 Å². The Labute approximate surface area is 119 Å². The fourth-order valence-electron chi connectivity index (χ4n) is 1.72. The van der Waals surface area contributed by atoms with Gasteiger partial charge in [0.05, 0.1) is 6.20 Å². The molecule has 106 valence electrons. The minimum absolute atomic E-state index is 0.00335. The van der Waals surface area contributed by atoms with E-state index in [0.29, 0.717) is 0 Å². The first-order chi connectivity index (χ1) is 9.54. The lowest BCUT2D eigenvalue weighted by atomic mass is 10.2. The zero-order valence-electron chi connectivity index (χ0n) is 10.8. The van der Waals surface area contributed by atoms with E-state index in [0.717, 1.165) is 6.42 Å². The number of nitrogens with one attached hydrogen (secondary N) is 1. The number of rotatable bonds is 6. The molecule has 0 spiro atoms. The van der Waals surface area contributed by atoms with Crippen LogP contribution in [0.3, 0.4) is 0 Å². The average Bonchev–Trinajstić information content (AvgIpc) is 2.99. The molecule has 20 heavy (non-hydrogen) atoms. The highest BCUT2D eigenvalue weighted by Crippen LogP contribution is 2.10. The van der Waals surface area contributed by atoms with Crippen LogP contribution < -0.4 is 5.32 Å². The summed E-state index contributed by atoms with van der Waals surface area (Å²) >= 11 is 1.64. The largest absolute Gasteiger partial charge is 0.476 e. The number of hydrogen-bond donors (Lipinski definition) is 2. The van der Waals surface area contributed by atoms with Crippen LogP contribution in [-0.4, -0.2) is 38.0 Å². The van der Waals surface area contributed by atoms with Gasteiger partial charge in [-0.25, -0.2) is 9.48 Å². The first-order valence-corrected chi connectivity index (χ1v) is 6.87. The second-order valence-corrected chi connectivity index (χ2v) is 5.39. The number of carboxylic acid groups (broad SMARTS) is 1. The Hall–Kier alpha value is -2.22. The molecule has 8 heteroatoms. The van der Waals surface area contributed by atoms with Gasteiger partial charge in [0.1, 0.15) is 6.54 Å². The first-order valence-electron chi connectivity index (χ1n) is 6.00. The standard InChI is InChI=1S/C12H14N4O3S/c1-8(5-9-3-2-4-20-9)13-11(17)7-16-6-10(12(18)19)14-15-16/h2-4,6,8H,5,7H2,1H3,(H,13,17)(H,18,19). The van der Waals surface area contributed by atoms with E-state index in [1.807, 2.05) is 24.4 Å². The van der Waals surface area contributed by atoms with Crippen molar-refractivity contribution in [2.75, 3.05) is 0 Å². The molecular formula is C12H14N4O3S. The number of carbonyl (C=O) groups excluding carboxylic acids is 1. The lowest BCUT2D eigenvalue weighted by Crippen LogP contribution is -2.36. The molecule has 0 fully saturated rings. The van der Waals surface area contributed by atoms with Crippen molar-refractivity contribution in [2.45, 2.75) is 25.9 Å². The van der Waals surface area contributed by atoms with Gasteiger partial charge < -0.3 is 10.4 Å². The van der Waals surface area contributed by atoms with Gasteiger partial charge in [-0.3, -0.25) is 4.79 Å². The second kappa shape index (κ2) is 6.29. The second-order valence-electron chi connectivity index (χ2n) is 4.36. The SMILES string of the molecule is CC(Cc1cccs1)NC(=O)Cn1cc(C(=O)O)nn1. The van der Waals surface area contributed by atoms with Crippen LogP contribution in [-0.2, 0) is 17.8 Å². The highest BCUT2D eigenvalue weighted by Gasteiger charge is 2.12. The Kier molecular flexibility index (Phi) is 4.46. The smallest absolute Gasteiger partial charge is 0.358 e. The van der Waals surface area contributed by atoms with Crippen LogP contribution in [0.2, 0.25) is 0 Å². The third-order valence-corrected chi connectivity index (χ3v) is 3.46. The molecule has 1 atom stereocenters. The van der Waals surface area contributed by atoms with Gasteiger partial charge in [-0.2, -0.15) is 0 Å². The molecule has 0 saturated carbocycles. The number of nitrogens with zero attached hydrogens (tertiary/aromatic N) is 3. The minimum atomic E-state index is -1.16. The summed E-state index contributed by atoms with van der Waals surface area (Å²) < 4.78 is 1.21. The molecule has 7 nitrogen and oxygen atoms in total. The zero-order chi connectivity index (χ0) is 14.5. The molecule has 0 radical (unpaired) electrons. The van der Waals surface area contributed by atoms with E-state index in [4.69, 9.17) is 5.11 Å². The summed E-state index contributed by atoms with van der Waals surface area (Å²) in [5.41, 5.74) is -0.176. The molecule has 0 aliphatic heterocycles. The van der Waals surface area contributed by atoms with Gasteiger partial charge in [-0.05, 0) is 18.4 Å². The minimum Gasteiger partial charge on any atom is -0.476 e. The molecule has 2 aromatic rings. The average molecular weight is 294 g/mol. The summed E-state index contributed by atoms with van der Waals surface area (Å²) in [5.74, 6) is -1.39. The van der Waals surface area contributed by atoms with E-state index in [-0.39, 0.29) is 24.2 Å². The maximum Gasteiger partial charge on any atom is 0.358 e. The number of aromatic carboxylic acids is 1. The fourth-order valence-corrected chi connectivity index (χ4v) is 2.56. The van der Waals surface area contributed by atoms with E-state index in [1.165, 1.54) is 15.8 Å². The topological polar surface area (TPSA) is 97.1 Å². The molecule has 2 rings (SSSR count). The highest BCUT2D eigenvalue weighted by atomic mass is 32.1. The van der Waals surface area contributed by atoms with E-state index in [2.05, 4.69) is 15.6 Å². The molecule has 0 aliphatic carbocycles. The first kappa shape index (κ1) is 14.2. The summed E-state index contributed by atoms with van der Waals surface area (Å²) in [4.78, 5) is 23.6. The predicted octanol–water partition coefficient (Wildman–Crippen LogP) is 0.785. The molecule has 1 amide bonds. The summed E-state index contributed by atoms with van der Waals surface area (Å²) in [6.45, 7) is 1.87. The van der Waals surface area contributed by atoms with Gasteiger partial charge in [0.2, 0.25) is 5.91 Å².